The molecule has 0 unspecified atom stereocenters. The van der Waals surface area contributed by atoms with E-state index in [0.717, 1.165) is 23.9 Å². The van der Waals surface area contributed by atoms with E-state index < -0.39 is 10.8 Å². The predicted molar refractivity (Wildman–Crippen MR) is 90.8 cm³/mol. The number of nitro groups is 1. The van der Waals surface area contributed by atoms with Crippen molar-refractivity contribution in [3.63, 3.8) is 0 Å². The van der Waals surface area contributed by atoms with Gasteiger partial charge in [-0.3, -0.25) is 19.5 Å². The second-order valence-electron chi connectivity index (χ2n) is 5.79. The molecule has 0 spiro atoms. The Morgan fingerprint density at radius 3 is 2.92 bits per heavy atom. The zero-order valence-corrected chi connectivity index (χ0v) is 14.0. The quantitative estimate of drug-likeness (QED) is 0.657. The minimum absolute atomic E-state index is 0.0166. The highest BCUT2D eigenvalue weighted by Crippen LogP contribution is 2.27. The Kier molecular flexibility index (Phi) is 4.84. The average molecular weight is 366 g/mol. The molecule has 1 aliphatic rings. The first-order valence-electron chi connectivity index (χ1n) is 7.86. The van der Waals surface area contributed by atoms with Gasteiger partial charge in [0.2, 0.25) is 5.91 Å². The van der Waals surface area contributed by atoms with Crippen LogP contribution in [0.1, 0.15) is 25.1 Å². The summed E-state index contributed by atoms with van der Waals surface area (Å²) in [4.78, 5) is 34.7. The first kappa shape index (κ1) is 17.2. The van der Waals surface area contributed by atoms with E-state index in [-0.39, 0.29) is 28.6 Å². The number of nitrogens with zero attached hydrogens (tertiary/aromatic N) is 4. The van der Waals surface area contributed by atoms with Crippen molar-refractivity contribution in [1.29, 1.82) is 0 Å². The average Bonchev–Trinajstić information content (AvgIpc) is 2.74. The van der Waals surface area contributed by atoms with Gasteiger partial charge in [0.05, 0.1) is 4.92 Å². The molecule has 1 aliphatic heterocycles. The van der Waals surface area contributed by atoms with Crippen LogP contribution in [0.25, 0.3) is 0 Å². The standard InChI is InChI=1S/C15H16ClN5O4/c16-11-6-5-10(8-12(11)21(24)25)17-14(22)9-20-15(23)19-7-3-1-2-4-13(19)18-20/h5-6,8H,1-4,7,9H2,(H,17,22). The molecule has 0 saturated carbocycles. The number of hydrogen-bond acceptors (Lipinski definition) is 5. The molecule has 1 aromatic heterocycles. The number of carbonyl (C=O) groups is 1. The van der Waals surface area contributed by atoms with Gasteiger partial charge in [-0.1, -0.05) is 18.0 Å². The lowest BCUT2D eigenvalue weighted by atomic mass is 10.2. The van der Waals surface area contributed by atoms with Crippen LogP contribution >= 0.6 is 11.6 Å². The monoisotopic (exact) mass is 365 g/mol. The molecule has 3 rings (SSSR count). The van der Waals surface area contributed by atoms with E-state index in [1.54, 1.807) is 4.57 Å². The SMILES string of the molecule is O=C(Cn1nc2n(c1=O)CCCCC2)Nc1ccc(Cl)c([N+](=O)[O-])c1. The smallest absolute Gasteiger partial charge is 0.324 e. The summed E-state index contributed by atoms with van der Waals surface area (Å²) in [5.41, 5.74) is -0.380. The number of rotatable bonds is 4. The van der Waals surface area contributed by atoms with Crippen molar-refractivity contribution in [1.82, 2.24) is 14.3 Å². The van der Waals surface area contributed by atoms with Gasteiger partial charge >= 0.3 is 5.69 Å². The van der Waals surface area contributed by atoms with E-state index in [1.807, 2.05) is 0 Å². The highest BCUT2D eigenvalue weighted by atomic mass is 35.5. The third-order valence-electron chi connectivity index (χ3n) is 4.00. The van der Waals surface area contributed by atoms with Crippen molar-refractivity contribution in [3.8, 4) is 0 Å². The second kappa shape index (κ2) is 7.06. The summed E-state index contributed by atoms with van der Waals surface area (Å²) in [5, 5.41) is 17.6. The number of benzene rings is 1. The fraction of sp³-hybridized carbons (Fsp3) is 0.400. The lowest BCUT2D eigenvalue weighted by Crippen LogP contribution is -2.30. The van der Waals surface area contributed by atoms with Gasteiger partial charge in [0.1, 0.15) is 17.4 Å². The number of amides is 1. The van der Waals surface area contributed by atoms with Gasteiger partial charge in [-0.15, -0.1) is 0 Å². The first-order chi connectivity index (χ1) is 12.0. The molecule has 1 N–H and O–H groups in total. The molecule has 0 fully saturated rings. The van der Waals surface area contributed by atoms with Crippen LogP contribution in [0.15, 0.2) is 23.0 Å². The largest absolute Gasteiger partial charge is 0.346 e. The summed E-state index contributed by atoms with van der Waals surface area (Å²) in [7, 11) is 0. The maximum absolute atomic E-state index is 12.3. The van der Waals surface area contributed by atoms with Crippen LogP contribution in [0, 0.1) is 10.1 Å². The highest BCUT2D eigenvalue weighted by molar-refractivity contribution is 6.32. The summed E-state index contributed by atoms with van der Waals surface area (Å²) in [6.45, 7) is 0.356. The van der Waals surface area contributed by atoms with Crippen molar-refractivity contribution >= 4 is 28.9 Å². The molecule has 0 atom stereocenters. The van der Waals surface area contributed by atoms with E-state index in [1.165, 1.54) is 18.2 Å². The molecule has 0 bridgehead atoms. The lowest BCUT2D eigenvalue weighted by Gasteiger charge is -2.05. The molecule has 10 heteroatoms. The topological polar surface area (TPSA) is 112 Å². The Balaban J connectivity index is 1.74. The Hall–Kier alpha value is -2.68. The normalized spacial score (nSPS) is 13.8. The van der Waals surface area contributed by atoms with Gasteiger partial charge in [-0.25, -0.2) is 9.48 Å². The number of hydrogen-bond donors (Lipinski definition) is 1. The van der Waals surface area contributed by atoms with Crippen LogP contribution in [0.3, 0.4) is 0 Å². The van der Waals surface area contributed by atoms with E-state index in [9.17, 15) is 19.7 Å². The Labute approximate surface area is 147 Å². The molecule has 1 aromatic carbocycles. The highest BCUT2D eigenvalue weighted by Gasteiger charge is 2.18. The van der Waals surface area contributed by atoms with Crippen LogP contribution in [0.2, 0.25) is 5.02 Å². The number of nitro benzene ring substituents is 1. The van der Waals surface area contributed by atoms with Crippen LogP contribution in [0.4, 0.5) is 11.4 Å². The molecule has 0 saturated heterocycles. The maximum atomic E-state index is 12.3. The van der Waals surface area contributed by atoms with Gasteiger partial charge < -0.3 is 5.32 Å². The fourth-order valence-electron chi connectivity index (χ4n) is 2.80. The molecule has 2 aromatic rings. The van der Waals surface area contributed by atoms with Crippen LogP contribution in [-0.2, 0) is 24.3 Å². The van der Waals surface area contributed by atoms with Gasteiger partial charge in [0.25, 0.3) is 5.69 Å². The van der Waals surface area contributed by atoms with Crippen LogP contribution in [-0.4, -0.2) is 25.2 Å². The number of aromatic nitrogens is 3. The van der Waals surface area contributed by atoms with E-state index in [2.05, 4.69) is 10.4 Å². The minimum atomic E-state index is -0.630. The van der Waals surface area contributed by atoms with E-state index >= 15 is 0 Å². The van der Waals surface area contributed by atoms with Crippen molar-refractivity contribution < 1.29 is 9.72 Å². The molecule has 25 heavy (non-hydrogen) atoms. The fourth-order valence-corrected chi connectivity index (χ4v) is 2.98. The summed E-state index contributed by atoms with van der Waals surface area (Å²) in [6, 6.07) is 3.96. The zero-order valence-electron chi connectivity index (χ0n) is 13.3. The number of carbonyl (C=O) groups excluding carboxylic acids is 1. The second-order valence-corrected chi connectivity index (χ2v) is 6.20. The summed E-state index contributed by atoms with van der Waals surface area (Å²) in [6.07, 6.45) is 3.65. The third kappa shape index (κ3) is 3.71. The number of fused-ring (bicyclic) bond motifs is 1. The van der Waals surface area contributed by atoms with Crippen molar-refractivity contribution in [2.75, 3.05) is 5.32 Å². The summed E-state index contributed by atoms with van der Waals surface area (Å²) >= 11 is 5.74. The Morgan fingerprint density at radius 1 is 1.36 bits per heavy atom. The zero-order chi connectivity index (χ0) is 18.0. The number of anilines is 1. The third-order valence-corrected chi connectivity index (χ3v) is 4.32. The molecule has 0 aliphatic carbocycles. The first-order valence-corrected chi connectivity index (χ1v) is 8.24. The minimum Gasteiger partial charge on any atom is -0.324 e. The van der Waals surface area contributed by atoms with E-state index in [4.69, 9.17) is 11.6 Å². The predicted octanol–water partition coefficient (Wildman–Crippen LogP) is 1.97. The summed E-state index contributed by atoms with van der Waals surface area (Å²) in [5.74, 6) is 0.199. The summed E-state index contributed by atoms with van der Waals surface area (Å²) < 4.78 is 2.73. The van der Waals surface area contributed by atoms with Gasteiger partial charge in [0, 0.05) is 24.7 Å². The maximum Gasteiger partial charge on any atom is 0.346 e. The van der Waals surface area contributed by atoms with Crippen molar-refractivity contribution in [2.24, 2.45) is 0 Å². The molecule has 1 amide bonds. The van der Waals surface area contributed by atoms with Crippen LogP contribution in [0.5, 0.6) is 0 Å². The van der Waals surface area contributed by atoms with Crippen molar-refractivity contribution in [2.45, 2.75) is 38.8 Å². The van der Waals surface area contributed by atoms with Crippen molar-refractivity contribution in [3.05, 3.63) is 49.6 Å². The lowest BCUT2D eigenvalue weighted by molar-refractivity contribution is -0.384. The van der Waals surface area contributed by atoms with Gasteiger partial charge in [-0.05, 0) is 25.0 Å². The number of nitrogens with one attached hydrogen (secondary N) is 1. The van der Waals surface area contributed by atoms with Gasteiger partial charge in [0.15, 0.2) is 0 Å². The van der Waals surface area contributed by atoms with E-state index in [0.29, 0.717) is 18.8 Å². The molecular weight excluding hydrogens is 350 g/mol. The Morgan fingerprint density at radius 2 is 2.16 bits per heavy atom. The van der Waals surface area contributed by atoms with Gasteiger partial charge in [-0.2, -0.15) is 5.10 Å². The molecule has 0 radical (unpaired) electrons. The Bertz CT molecular complexity index is 889. The molecular formula is C15H16ClN5O4. The van der Waals surface area contributed by atoms with Crippen LogP contribution < -0.4 is 11.0 Å². The number of aryl methyl sites for hydroxylation is 1. The molecule has 2 heterocycles. The molecule has 132 valence electrons. The number of halogens is 1. The molecule has 9 nitrogen and oxygen atoms in total.